The van der Waals surface area contributed by atoms with E-state index < -0.39 is 206 Å². The Bertz CT molecular complexity index is 2820. The van der Waals surface area contributed by atoms with Gasteiger partial charge in [0.1, 0.15) is 10.8 Å². The molecule has 6 aromatic carbocycles. The maximum atomic E-state index is 14.2. The molecule has 30 heteroatoms. The fourth-order valence-corrected chi connectivity index (χ4v) is 9.05. The molecule has 0 aliphatic heterocycles. The highest BCUT2D eigenvalue weighted by Crippen LogP contribution is 2.42. The average Bonchev–Trinajstić information content (AvgIpc) is 3.69. The molecular formula is C47H23BF27NS. The maximum absolute atomic E-state index is 14.2. The number of para-hydroxylation sites is 1. The quantitative estimate of drug-likeness (QED) is 0.0888. The predicted octanol–water partition coefficient (Wildman–Crippen LogP) is 15.5. The second-order valence-corrected chi connectivity index (χ2v) is 17.6. The third kappa shape index (κ3) is 13.4. The Kier molecular flexibility index (Phi) is 15.5. The standard InChI is InChI=1S/C32H12BF24.C15H11F3NS/c34-25(35,36)13-1-14(26(37,38)39)6-21(5-13)33(22-7-15(27(40,41)42)2-16(8-22)28(43,44)45,23-9-17(29(46,47)48)3-18(10-23)30(49,50)51)24-11-19(31(52,53)54)4-20(12-24)32(55,56)57;16-15(17,18)12-7-5-11(6-8-12)9-19-10-20-14-4-2-1-3-13(14)19/h1-12H;1-8,10H,9H2/q-1;+1. The van der Waals surface area contributed by atoms with Crippen molar-refractivity contribution in [3.8, 4) is 0 Å². The number of hydrogen-bond acceptors (Lipinski definition) is 1. The van der Waals surface area contributed by atoms with E-state index in [1.165, 1.54) is 16.8 Å². The second-order valence-electron chi connectivity index (χ2n) is 16.7. The van der Waals surface area contributed by atoms with Crippen molar-refractivity contribution in [2.75, 3.05) is 0 Å². The van der Waals surface area contributed by atoms with Crippen molar-refractivity contribution >= 4 is 49.6 Å². The van der Waals surface area contributed by atoms with Gasteiger partial charge in [0.2, 0.25) is 11.0 Å². The smallest absolute Gasteiger partial charge is 0.194 e. The van der Waals surface area contributed by atoms with Crippen LogP contribution in [0.4, 0.5) is 119 Å². The van der Waals surface area contributed by atoms with Gasteiger partial charge in [0.15, 0.2) is 6.54 Å². The first-order valence-electron chi connectivity index (χ1n) is 20.7. The molecule has 0 amide bonds. The van der Waals surface area contributed by atoms with Crippen molar-refractivity contribution in [3.05, 3.63) is 182 Å². The molecule has 0 bridgehead atoms. The number of fused-ring (bicyclic) bond motifs is 1. The van der Waals surface area contributed by atoms with Crippen molar-refractivity contribution < 1.29 is 123 Å². The molecule has 0 atom stereocenters. The number of thiazole rings is 1. The maximum Gasteiger partial charge on any atom is 0.416 e. The van der Waals surface area contributed by atoms with E-state index in [9.17, 15) is 119 Å². The van der Waals surface area contributed by atoms with E-state index in [1.54, 1.807) is 11.3 Å². The van der Waals surface area contributed by atoms with Crippen LogP contribution < -0.4 is 26.4 Å². The van der Waals surface area contributed by atoms with Gasteiger partial charge in [-0.05, 0) is 42.5 Å². The monoisotopic (exact) mass is 1160 g/mol. The van der Waals surface area contributed by atoms with Gasteiger partial charge in [-0.2, -0.15) is 145 Å². The van der Waals surface area contributed by atoms with Crippen molar-refractivity contribution in [1.82, 2.24) is 0 Å². The highest BCUT2D eigenvalue weighted by Gasteiger charge is 2.47. The van der Waals surface area contributed by atoms with Gasteiger partial charge < -0.3 is 0 Å². The van der Waals surface area contributed by atoms with Crippen LogP contribution in [0.15, 0.2) is 127 Å². The Morgan fingerprint density at radius 3 is 0.792 bits per heavy atom. The Morgan fingerprint density at radius 1 is 0.299 bits per heavy atom. The minimum absolute atomic E-state index is 0.572. The van der Waals surface area contributed by atoms with Gasteiger partial charge in [-0.1, -0.05) is 84.1 Å². The molecule has 1 aromatic heterocycles. The summed E-state index contributed by atoms with van der Waals surface area (Å²) in [6, 6.07) is 4.48. The lowest BCUT2D eigenvalue weighted by molar-refractivity contribution is -0.658. The summed E-state index contributed by atoms with van der Waals surface area (Å²) in [6.45, 7) is 0.572. The number of halogens is 27. The van der Waals surface area contributed by atoms with E-state index in [4.69, 9.17) is 0 Å². The fourth-order valence-electron chi connectivity index (χ4n) is 8.16. The topological polar surface area (TPSA) is 3.88 Å². The summed E-state index contributed by atoms with van der Waals surface area (Å²) in [5.74, 6) is 0. The van der Waals surface area contributed by atoms with Gasteiger partial charge in [0, 0.05) is 11.6 Å². The molecule has 0 spiro atoms. The Labute approximate surface area is 416 Å². The summed E-state index contributed by atoms with van der Waals surface area (Å²) in [6.07, 6.45) is -59.1. The summed E-state index contributed by atoms with van der Waals surface area (Å²) in [5.41, 5.74) is -26.9. The number of hydrogen-bond donors (Lipinski definition) is 0. The minimum atomic E-state index is -6.13. The minimum Gasteiger partial charge on any atom is -0.194 e. The van der Waals surface area contributed by atoms with Crippen LogP contribution in [-0.2, 0) is 62.1 Å². The van der Waals surface area contributed by atoms with Crippen LogP contribution >= 0.6 is 11.3 Å². The molecule has 7 aromatic rings. The van der Waals surface area contributed by atoms with E-state index in [2.05, 4.69) is 0 Å². The number of alkyl halides is 27. The third-order valence-electron chi connectivity index (χ3n) is 11.6. The first-order chi connectivity index (χ1) is 34.8. The second kappa shape index (κ2) is 20.0. The molecule has 0 unspecified atom stereocenters. The predicted molar refractivity (Wildman–Crippen MR) is 223 cm³/mol. The van der Waals surface area contributed by atoms with E-state index in [0.717, 1.165) is 23.2 Å². The lowest BCUT2D eigenvalue weighted by Crippen LogP contribution is -2.75. The van der Waals surface area contributed by atoms with E-state index in [0.29, 0.717) is 6.54 Å². The first kappa shape index (κ1) is 59.6. The summed E-state index contributed by atoms with van der Waals surface area (Å²) in [7, 11) is 0. The average molecular weight is 1160 g/mol. The molecule has 0 aliphatic rings. The molecule has 414 valence electrons. The highest BCUT2D eigenvalue weighted by atomic mass is 32.1. The summed E-state index contributed by atoms with van der Waals surface area (Å²) in [4.78, 5) is 0. The van der Waals surface area contributed by atoms with Crippen LogP contribution in [-0.4, -0.2) is 6.15 Å². The van der Waals surface area contributed by atoms with Crippen LogP contribution in [0.25, 0.3) is 10.2 Å². The van der Waals surface area contributed by atoms with Gasteiger partial charge in [0.25, 0.3) is 0 Å². The van der Waals surface area contributed by atoms with Crippen LogP contribution in [0.3, 0.4) is 0 Å². The fraction of sp³-hybridized carbons (Fsp3) is 0.213. The number of rotatable bonds is 6. The van der Waals surface area contributed by atoms with Gasteiger partial charge in [0.05, 0.1) is 50.1 Å². The SMILES string of the molecule is FC(F)(F)c1cc([B-](c2cc(C(F)(F)F)cc(C(F)(F)F)c2)(c2cc(C(F)(F)F)cc(C(F)(F)F)c2)c2cc(C(F)(F)F)cc(C(F)(F)F)c2)cc(C(F)(F)F)c1.FC(F)(F)c1ccc(C[n+]2csc3ccccc32)cc1. The van der Waals surface area contributed by atoms with E-state index in [1.807, 2.05) is 34.3 Å². The summed E-state index contributed by atoms with van der Waals surface area (Å²) < 4.78 is 382. The largest absolute Gasteiger partial charge is 0.416 e. The molecular weight excluding hydrogens is 1130 g/mol. The molecule has 0 N–H and O–H groups in total. The number of nitrogens with zero attached hydrogens (tertiary/aromatic N) is 1. The lowest BCUT2D eigenvalue weighted by Gasteiger charge is -2.46. The normalized spacial score (nSPS) is 13.7. The molecule has 0 saturated carbocycles. The summed E-state index contributed by atoms with van der Waals surface area (Å²) in [5, 5.41) is 0. The van der Waals surface area contributed by atoms with E-state index in [-0.39, 0.29) is 0 Å². The Hall–Kier alpha value is -6.62. The molecule has 0 fully saturated rings. The van der Waals surface area contributed by atoms with E-state index >= 15 is 0 Å². The molecule has 0 radical (unpaired) electrons. The highest BCUT2D eigenvalue weighted by molar-refractivity contribution is 7.20. The Balaban J connectivity index is 0.000000397. The third-order valence-corrected chi connectivity index (χ3v) is 12.5. The molecule has 0 aliphatic carbocycles. The van der Waals surface area contributed by atoms with Crippen LogP contribution in [0.1, 0.15) is 55.6 Å². The molecule has 7 rings (SSSR count). The number of aromatic nitrogens is 1. The van der Waals surface area contributed by atoms with Crippen LogP contribution in [0.2, 0.25) is 0 Å². The zero-order valence-corrected chi connectivity index (χ0v) is 37.8. The zero-order chi connectivity index (χ0) is 58.1. The van der Waals surface area contributed by atoms with Crippen molar-refractivity contribution in [3.63, 3.8) is 0 Å². The van der Waals surface area contributed by atoms with Gasteiger partial charge in [-0.25, -0.2) is 0 Å². The first-order valence-corrected chi connectivity index (χ1v) is 21.6. The number of benzene rings is 6. The van der Waals surface area contributed by atoms with Crippen LogP contribution in [0.5, 0.6) is 0 Å². The summed E-state index contributed by atoms with van der Waals surface area (Å²) >= 11 is 1.62. The van der Waals surface area contributed by atoms with Crippen molar-refractivity contribution in [1.29, 1.82) is 0 Å². The Morgan fingerprint density at radius 2 is 0.545 bits per heavy atom. The molecule has 77 heavy (non-hydrogen) atoms. The zero-order valence-electron chi connectivity index (χ0n) is 37.0. The lowest BCUT2D eigenvalue weighted by atomic mass is 9.12. The van der Waals surface area contributed by atoms with Gasteiger partial charge in [-0.3, -0.25) is 0 Å². The molecule has 0 saturated heterocycles. The van der Waals surface area contributed by atoms with Gasteiger partial charge >= 0.3 is 55.6 Å². The van der Waals surface area contributed by atoms with Crippen molar-refractivity contribution in [2.45, 2.75) is 62.1 Å². The van der Waals surface area contributed by atoms with Crippen molar-refractivity contribution in [2.24, 2.45) is 0 Å². The molecule has 1 nitrogen and oxygen atoms in total. The van der Waals surface area contributed by atoms with Crippen LogP contribution in [0, 0.1) is 0 Å². The van der Waals surface area contributed by atoms with Gasteiger partial charge in [-0.15, -0.1) is 0 Å². The molecule has 1 heterocycles.